The third-order valence-corrected chi connectivity index (χ3v) is 3.98. The van der Waals surface area contributed by atoms with Crippen molar-refractivity contribution in [3.8, 4) is 0 Å². The SMILES string of the molecule is O=c1[nH]c(CNC2CCCCCCC2)cs1. The summed E-state index contributed by atoms with van der Waals surface area (Å²) in [5.74, 6) is 0. The summed E-state index contributed by atoms with van der Waals surface area (Å²) in [5, 5.41) is 5.47. The van der Waals surface area contributed by atoms with E-state index in [1.807, 2.05) is 5.38 Å². The van der Waals surface area contributed by atoms with Crippen LogP contribution in [0.15, 0.2) is 10.2 Å². The summed E-state index contributed by atoms with van der Waals surface area (Å²) in [5.41, 5.74) is 1.03. The first-order valence-electron chi connectivity index (χ1n) is 6.24. The molecule has 1 aromatic heterocycles. The average Bonchev–Trinajstić information content (AvgIpc) is 2.63. The molecule has 0 amide bonds. The van der Waals surface area contributed by atoms with Crippen LogP contribution in [0.4, 0.5) is 0 Å². The van der Waals surface area contributed by atoms with Crippen molar-refractivity contribution in [1.82, 2.24) is 10.3 Å². The first-order valence-corrected chi connectivity index (χ1v) is 7.12. The molecule has 0 spiro atoms. The summed E-state index contributed by atoms with van der Waals surface area (Å²) in [6.45, 7) is 0.809. The molecule has 0 radical (unpaired) electrons. The van der Waals surface area contributed by atoms with Crippen molar-refractivity contribution < 1.29 is 0 Å². The Balaban J connectivity index is 1.77. The molecule has 1 aromatic rings. The number of nitrogens with one attached hydrogen (secondary N) is 2. The van der Waals surface area contributed by atoms with E-state index in [4.69, 9.17) is 0 Å². The molecule has 90 valence electrons. The molecule has 4 heteroatoms. The van der Waals surface area contributed by atoms with Gasteiger partial charge in [0.1, 0.15) is 0 Å². The number of hydrogen-bond donors (Lipinski definition) is 2. The Hall–Kier alpha value is -0.610. The molecule has 0 aromatic carbocycles. The van der Waals surface area contributed by atoms with E-state index in [2.05, 4.69) is 10.3 Å². The smallest absolute Gasteiger partial charge is 0.304 e. The topological polar surface area (TPSA) is 44.9 Å². The lowest BCUT2D eigenvalue weighted by atomic mass is 9.97. The van der Waals surface area contributed by atoms with Crippen LogP contribution in [0.25, 0.3) is 0 Å². The van der Waals surface area contributed by atoms with Gasteiger partial charge in [-0.15, -0.1) is 0 Å². The summed E-state index contributed by atoms with van der Waals surface area (Å²) in [4.78, 5) is 13.9. The van der Waals surface area contributed by atoms with E-state index < -0.39 is 0 Å². The standard InChI is InChI=1S/C12H20N2OS/c15-12-14-11(9-16-12)8-13-10-6-4-2-1-3-5-7-10/h9-10,13H,1-8H2,(H,14,15). The summed E-state index contributed by atoms with van der Waals surface area (Å²) < 4.78 is 0. The normalized spacial score (nSPS) is 19.2. The zero-order valence-corrected chi connectivity index (χ0v) is 10.4. The molecule has 1 aliphatic rings. The largest absolute Gasteiger partial charge is 0.315 e. The number of hydrogen-bond acceptors (Lipinski definition) is 3. The number of thiazole rings is 1. The van der Waals surface area contributed by atoms with E-state index in [1.54, 1.807) is 0 Å². The molecular formula is C12H20N2OS. The van der Waals surface area contributed by atoms with Crippen LogP contribution in [-0.4, -0.2) is 11.0 Å². The second-order valence-corrected chi connectivity index (χ2v) is 5.44. The molecule has 3 nitrogen and oxygen atoms in total. The Labute approximate surface area is 100 Å². The second-order valence-electron chi connectivity index (χ2n) is 4.60. The lowest BCUT2D eigenvalue weighted by Gasteiger charge is -2.20. The van der Waals surface area contributed by atoms with Crippen molar-refractivity contribution in [2.75, 3.05) is 0 Å². The molecule has 1 fully saturated rings. The molecule has 0 aliphatic heterocycles. The molecule has 2 rings (SSSR count). The highest BCUT2D eigenvalue weighted by molar-refractivity contribution is 7.07. The maximum absolute atomic E-state index is 11.0. The van der Waals surface area contributed by atoms with E-state index in [0.29, 0.717) is 6.04 Å². The van der Waals surface area contributed by atoms with Gasteiger partial charge in [-0.2, -0.15) is 0 Å². The summed E-state index contributed by atoms with van der Waals surface area (Å²) in [7, 11) is 0. The van der Waals surface area contributed by atoms with E-state index in [9.17, 15) is 4.79 Å². The van der Waals surface area contributed by atoms with Crippen molar-refractivity contribution in [3.05, 3.63) is 20.7 Å². The molecule has 16 heavy (non-hydrogen) atoms. The molecule has 0 unspecified atom stereocenters. The first kappa shape index (κ1) is 11.9. The fourth-order valence-electron chi connectivity index (χ4n) is 2.32. The van der Waals surface area contributed by atoms with Crippen LogP contribution in [0.1, 0.15) is 50.6 Å². The van der Waals surface area contributed by atoms with Gasteiger partial charge in [0.25, 0.3) is 0 Å². The first-order chi connectivity index (χ1) is 7.84. The van der Waals surface area contributed by atoms with Crippen molar-refractivity contribution in [1.29, 1.82) is 0 Å². The Morgan fingerprint density at radius 1 is 1.25 bits per heavy atom. The van der Waals surface area contributed by atoms with Crippen LogP contribution in [0.3, 0.4) is 0 Å². The van der Waals surface area contributed by atoms with Gasteiger partial charge in [-0.3, -0.25) is 4.79 Å². The number of H-pyrrole nitrogens is 1. The average molecular weight is 240 g/mol. The molecule has 0 bridgehead atoms. The summed E-state index contributed by atoms with van der Waals surface area (Å²) >= 11 is 1.25. The van der Waals surface area contributed by atoms with Crippen LogP contribution in [-0.2, 0) is 6.54 Å². The van der Waals surface area contributed by atoms with Gasteiger partial charge in [-0.25, -0.2) is 0 Å². The Bertz CT molecular complexity index is 350. The van der Waals surface area contributed by atoms with Crippen molar-refractivity contribution in [2.45, 2.75) is 57.5 Å². The highest BCUT2D eigenvalue weighted by atomic mass is 32.1. The Morgan fingerprint density at radius 2 is 1.94 bits per heavy atom. The molecular weight excluding hydrogens is 220 g/mol. The maximum atomic E-state index is 11.0. The van der Waals surface area contributed by atoms with Gasteiger partial charge in [0.15, 0.2) is 0 Å². The number of aromatic amines is 1. The van der Waals surface area contributed by atoms with Crippen LogP contribution in [0, 0.1) is 0 Å². The maximum Gasteiger partial charge on any atom is 0.304 e. The molecule has 1 aliphatic carbocycles. The van der Waals surface area contributed by atoms with E-state index in [1.165, 1.54) is 56.3 Å². The van der Waals surface area contributed by atoms with Gasteiger partial charge in [0.2, 0.25) is 0 Å². The van der Waals surface area contributed by atoms with Crippen LogP contribution in [0.5, 0.6) is 0 Å². The van der Waals surface area contributed by atoms with Crippen LogP contribution < -0.4 is 10.2 Å². The van der Waals surface area contributed by atoms with E-state index >= 15 is 0 Å². The minimum atomic E-state index is 0.0504. The highest BCUT2D eigenvalue weighted by Gasteiger charge is 2.10. The van der Waals surface area contributed by atoms with Crippen molar-refractivity contribution in [3.63, 3.8) is 0 Å². The zero-order valence-electron chi connectivity index (χ0n) is 9.63. The predicted molar refractivity (Wildman–Crippen MR) is 67.9 cm³/mol. The molecule has 0 atom stereocenters. The van der Waals surface area contributed by atoms with E-state index in [0.717, 1.165) is 12.2 Å². The van der Waals surface area contributed by atoms with Crippen LogP contribution in [0.2, 0.25) is 0 Å². The van der Waals surface area contributed by atoms with Crippen LogP contribution >= 0.6 is 11.3 Å². The zero-order chi connectivity index (χ0) is 11.2. The lowest BCUT2D eigenvalue weighted by molar-refractivity contribution is 0.387. The van der Waals surface area contributed by atoms with Gasteiger partial charge in [0, 0.05) is 23.7 Å². The predicted octanol–water partition coefficient (Wildman–Crippen LogP) is 2.64. The Kier molecular flexibility index (Phi) is 4.60. The number of aromatic nitrogens is 1. The lowest BCUT2D eigenvalue weighted by Crippen LogP contribution is -2.29. The minimum Gasteiger partial charge on any atom is -0.315 e. The second kappa shape index (κ2) is 6.21. The monoisotopic (exact) mass is 240 g/mol. The van der Waals surface area contributed by atoms with Crippen molar-refractivity contribution in [2.24, 2.45) is 0 Å². The number of rotatable bonds is 3. The van der Waals surface area contributed by atoms with E-state index in [-0.39, 0.29) is 4.87 Å². The van der Waals surface area contributed by atoms with Gasteiger partial charge in [-0.1, -0.05) is 43.4 Å². The fraction of sp³-hybridized carbons (Fsp3) is 0.750. The third kappa shape index (κ3) is 3.76. The van der Waals surface area contributed by atoms with Gasteiger partial charge in [0.05, 0.1) is 0 Å². The molecule has 2 N–H and O–H groups in total. The van der Waals surface area contributed by atoms with Gasteiger partial charge in [-0.05, 0) is 12.8 Å². The quantitative estimate of drug-likeness (QED) is 0.853. The molecule has 1 saturated carbocycles. The summed E-state index contributed by atoms with van der Waals surface area (Å²) in [6.07, 6.45) is 9.43. The minimum absolute atomic E-state index is 0.0504. The van der Waals surface area contributed by atoms with Gasteiger partial charge >= 0.3 is 4.87 Å². The van der Waals surface area contributed by atoms with Gasteiger partial charge < -0.3 is 10.3 Å². The van der Waals surface area contributed by atoms with Crippen molar-refractivity contribution >= 4 is 11.3 Å². The molecule has 0 saturated heterocycles. The summed E-state index contributed by atoms with van der Waals surface area (Å²) in [6, 6.07) is 0.642. The molecule has 1 heterocycles. The fourth-order valence-corrected chi connectivity index (χ4v) is 2.90. The Morgan fingerprint density at radius 3 is 2.56 bits per heavy atom. The third-order valence-electron chi connectivity index (χ3n) is 3.26. The highest BCUT2D eigenvalue weighted by Crippen LogP contribution is 2.17.